The molecule has 2 aromatic rings. The molecule has 5 heteroatoms. The Labute approximate surface area is 147 Å². The predicted molar refractivity (Wildman–Crippen MR) is 94.9 cm³/mol. The zero-order chi connectivity index (χ0) is 17.8. The van der Waals surface area contributed by atoms with Crippen LogP contribution < -0.4 is 14.4 Å². The highest BCUT2D eigenvalue weighted by Crippen LogP contribution is 2.30. The summed E-state index contributed by atoms with van der Waals surface area (Å²) in [6.07, 6.45) is 0.778. The summed E-state index contributed by atoms with van der Waals surface area (Å²) in [5.74, 6) is 0.860. The van der Waals surface area contributed by atoms with E-state index in [2.05, 4.69) is 0 Å². The number of benzene rings is 2. The largest absolute Gasteiger partial charge is 0.497 e. The van der Waals surface area contributed by atoms with Crippen LogP contribution in [0.5, 0.6) is 11.5 Å². The van der Waals surface area contributed by atoms with Crippen molar-refractivity contribution < 1.29 is 19.1 Å². The second kappa shape index (κ2) is 7.38. The fourth-order valence-electron chi connectivity index (χ4n) is 3.03. The number of hydrogen-bond donors (Lipinski definition) is 0. The van der Waals surface area contributed by atoms with Crippen molar-refractivity contribution in [1.29, 1.82) is 0 Å². The maximum atomic E-state index is 12.7. The number of amides is 2. The summed E-state index contributed by atoms with van der Waals surface area (Å²) in [6, 6.07) is 14.6. The second-order valence-electron chi connectivity index (χ2n) is 5.95. The third-order valence-corrected chi connectivity index (χ3v) is 4.29. The van der Waals surface area contributed by atoms with Gasteiger partial charge in [-0.15, -0.1) is 0 Å². The fourth-order valence-corrected chi connectivity index (χ4v) is 3.03. The lowest BCUT2D eigenvalue weighted by Gasteiger charge is -2.15. The molecule has 0 spiro atoms. The van der Waals surface area contributed by atoms with Crippen molar-refractivity contribution in [3.05, 3.63) is 54.1 Å². The quantitative estimate of drug-likeness (QED) is 0.758. The fraction of sp³-hybridized carbons (Fsp3) is 0.300. The number of methoxy groups -OCH3 is 1. The first-order valence-corrected chi connectivity index (χ1v) is 8.35. The van der Waals surface area contributed by atoms with Gasteiger partial charge in [0.2, 0.25) is 11.8 Å². The third kappa shape index (κ3) is 3.65. The van der Waals surface area contributed by atoms with Gasteiger partial charge in [-0.1, -0.05) is 12.1 Å². The summed E-state index contributed by atoms with van der Waals surface area (Å²) >= 11 is 0. The van der Waals surface area contributed by atoms with Crippen LogP contribution in [0.4, 0.5) is 5.69 Å². The minimum absolute atomic E-state index is 0.148. The first-order chi connectivity index (χ1) is 12.1. The predicted octanol–water partition coefficient (Wildman–Crippen LogP) is 3.22. The monoisotopic (exact) mass is 339 g/mol. The van der Waals surface area contributed by atoms with Gasteiger partial charge in [0.25, 0.3) is 0 Å². The van der Waals surface area contributed by atoms with E-state index in [4.69, 9.17) is 9.47 Å². The van der Waals surface area contributed by atoms with E-state index in [1.165, 1.54) is 4.90 Å². The number of nitrogens with zero attached hydrogens (tertiary/aromatic N) is 1. The van der Waals surface area contributed by atoms with Crippen LogP contribution in [0.3, 0.4) is 0 Å². The van der Waals surface area contributed by atoms with Gasteiger partial charge in [0.1, 0.15) is 11.5 Å². The summed E-state index contributed by atoms with van der Waals surface area (Å²) in [5.41, 5.74) is 1.61. The molecule has 0 aromatic heterocycles. The number of ether oxygens (including phenoxy) is 2. The van der Waals surface area contributed by atoms with Crippen molar-refractivity contribution in [1.82, 2.24) is 0 Å². The van der Waals surface area contributed by atoms with Crippen LogP contribution in [0.1, 0.15) is 18.9 Å². The van der Waals surface area contributed by atoms with Gasteiger partial charge in [-0.3, -0.25) is 14.5 Å². The van der Waals surface area contributed by atoms with Crippen LogP contribution in [-0.4, -0.2) is 25.5 Å². The molecule has 0 unspecified atom stereocenters. The highest BCUT2D eigenvalue weighted by molar-refractivity contribution is 6.21. The van der Waals surface area contributed by atoms with Crippen molar-refractivity contribution in [3.8, 4) is 11.5 Å². The normalized spacial score (nSPS) is 17.0. The molecule has 1 saturated heterocycles. The van der Waals surface area contributed by atoms with Crippen molar-refractivity contribution in [3.63, 3.8) is 0 Å². The molecular formula is C20H21NO4. The summed E-state index contributed by atoms with van der Waals surface area (Å²) in [5, 5.41) is 0. The molecule has 1 fully saturated rings. The Hall–Kier alpha value is -2.82. The highest BCUT2D eigenvalue weighted by atomic mass is 16.5. The van der Waals surface area contributed by atoms with Gasteiger partial charge >= 0.3 is 0 Å². The number of anilines is 1. The van der Waals surface area contributed by atoms with Crippen LogP contribution in [0, 0.1) is 5.92 Å². The van der Waals surface area contributed by atoms with Gasteiger partial charge in [0, 0.05) is 6.42 Å². The van der Waals surface area contributed by atoms with E-state index in [-0.39, 0.29) is 24.2 Å². The van der Waals surface area contributed by atoms with Gasteiger partial charge in [0.15, 0.2) is 0 Å². The molecule has 1 aliphatic heterocycles. The smallest absolute Gasteiger partial charge is 0.237 e. The average Bonchev–Trinajstić information content (AvgIpc) is 2.90. The zero-order valence-corrected chi connectivity index (χ0v) is 14.4. The molecule has 0 radical (unpaired) electrons. The minimum atomic E-state index is -0.326. The number of rotatable bonds is 6. The molecule has 1 atom stereocenters. The first kappa shape index (κ1) is 17.0. The van der Waals surface area contributed by atoms with Gasteiger partial charge in [0.05, 0.1) is 25.3 Å². The molecule has 0 bridgehead atoms. The SMILES string of the molecule is CCOc1ccc(N2C(=O)C[C@H](Cc3ccc(OC)cc3)C2=O)cc1. The van der Waals surface area contributed by atoms with Crippen LogP contribution in [-0.2, 0) is 16.0 Å². The lowest BCUT2D eigenvalue weighted by molar-refractivity contribution is -0.122. The molecule has 2 aromatic carbocycles. The van der Waals surface area contributed by atoms with Crippen LogP contribution in [0.25, 0.3) is 0 Å². The van der Waals surface area contributed by atoms with Gasteiger partial charge in [-0.2, -0.15) is 0 Å². The third-order valence-electron chi connectivity index (χ3n) is 4.29. The Morgan fingerprint density at radius 1 is 1.00 bits per heavy atom. The lowest BCUT2D eigenvalue weighted by Crippen LogP contribution is -2.30. The topological polar surface area (TPSA) is 55.8 Å². The Bertz CT molecular complexity index is 752. The van der Waals surface area contributed by atoms with E-state index >= 15 is 0 Å². The second-order valence-corrected chi connectivity index (χ2v) is 5.95. The van der Waals surface area contributed by atoms with Gasteiger partial charge < -0.3 is 9.47 Å². The van der Waals surface area contributed by atoms with Crippen molar-refractivity contribution in [2.45, 2.75) is 19.8 Å². The van der Waals surface area contributed by atoms with E-state index in [9.17, 15) is 9.59 Å². The lowest BCUT2D eigenvalue weighted by atomic mass is 9.98. The van der Waals surface area contributed by atoms with Crippen molar-refractivity contribution in [2.24, 2.45) is 5.92 Å². The average molecular weight is 339 g/mol. The molecule has 1 aliphatic rings. The van der Waals surface area contributed by atoms with E-state index in [0.29, 0.717) is 18.7 Å². The van der Waals surface area contributed by atoms with E-state index in [1.807, 2.05) is 31.2 Å². The maximum Gasteiger partial charge on any atom is 0.237 e. The van der Waals surface area contributed by atoms with Gasteiger partial charge in [-0.25, -0.2) is 0 Å². The number of imide groups is 1. The highest BCUT2D eigenvalue weighted by Gasteiger charge is 2.39. The van der Waals surface area contributed by atoms with E-state index in [0.717, 1.165) is 17.1 Å². The molecular weight excluding hydrogens is 318 g/mol. The van der Waals surface area contributed by atoms with Crippen LogP contribution >= 0.6 is 0 Å². The molecule has 5 nitrogen and oxygen atoms in total. The van der Waals surface area contributed by atoms with E-state index < -0.39 is 0 Å². The molecule has 130 valence electrons. The first-order valence-electron chi connectivity index (χ1n) is 8.35. The summed E-state index contributed by atoms with van der Waals surface area (Å²) in [6.45, 7) is 2.48. The Balaban J connectivity index is 1.72. The maximum absolute atomic E-state index is 12.7. The number of carbonyl (C=O) groups is 2. The van der Waals surface area contributed by atoms with Crippen LogP contribution in [0.2, 0.25) is 0 Å². The zero-order valence-electron chi connectivity index (χ0n) is 14.4. The minimum Gasteiger partial charge on any atom is -0.497 e. The molecule has 25 heavy (non-hydrogen) atoms. The number of carbonyl (C=O) groups excluding carboxylic acids is 2. The van der Waals surface area contributed by atoms with Crippen molar-refractivity contribution in [2.75, 3.05) is 18.6 Å². The molecule has 3 rings (SSSR count). The van der Waals surface area contributed by atoms with E-state index in [1.54, 1.807) is 31.4 Å². The Kier molecular flexibility index (Phi) is 5.03. The van der Waals surface area contributed by atoms with Gasteiger partial charge in [-0.05, 0) is 55.3 Å². The molecule has 0 N–H and O–H groups in total. The molecule has 2 amide bonds. The molecule has 1 heterocycles. The van der Waals surface area contributed by atoms with Crippen LogP contribution in [0.15, 0.2) is 48.5 Å². The number of hydrogen-bond acceptors (Lipinski definition) is 4. The standard InChI is InChI=1S/C20H21NO4/c1-3-25-18-10-6-16(7-11-18)21-19(22)13-15(20(21)23)12-14-4-8-17(24-2)9-5-14/h4-11,15H,3,12-13H2,1-2H3/t15-/m0/s1. The molecule has 0 aliphatic carbocycles. The molecule has 0 saturated carbocycles. The Morgan fingerprint density at radius 3 is 2.24 bits per heavy atom. The summed E-state index contributed by atoms with van der Waals surface area (Å²) in [7, 11) is 1.61. The van der Waals surface area contributed by atoms with Crippen molar-refractivity contribution >= 4 is 17.5 Å². The Morgan fingerprint density at radius 2 is 1.64 bits per heavy atom. The summed E-state index contributed by atoms with van der Waals surface area (Å²) in [4.78, 5) is 26.3. The summed E-state index contributed by atoms with van der Waals surface area (Å²) < 4.78 is 10.5.